The molecule has 1 atom stereocenters. The van der Waals surface area contributed by atoms with Crippen LogP contribution in [0.1, 0.15) is 12.0 Å². The lowest BCUT2D eigenvalue weighted by molar-refractivity contribution is 0.752. The summed E-state index contributed by atoms with van der Waals surface area (Å²) in [7, 11) is 0. The van der Waals surface area contributed by atoms with Crippen molar-refractivity contribution in [3.05, 3.63) is 17.0 Å². The molecule has 0 spiro atoms. The molecule has 68 valence electrons. The maximum Gasteiger partial charge on any atom is 0.109 e. The van der Waals surface area contributed by atoms with E-state index in [0.29, 0.717) is 0 Å². The lowest BCUT2D eigenvalue weighted by atomic mass is 10.3. The summed E-state index contributed by atoms with van der Waals surface area (Å²) in [6, 6.07) is 4.33. The van der Waals surface area contributed by atoms with Crippen molar-refractivity contribution in [3.63, 3.8) is 0 Å². The van der Waals surface area contributed by atoms with E-state index >= 15 is 0 Å². The summed E-state index contributed by atoms with van der Waals surface area (Å²) >= 11 is 1.62. The van der Waals surface area contributed by atoms with Crippen LogP contribution in [0.4, 0.5) is 5.00 Å². The number of nitrogens with zero attached hydrogens (tertiary/aromatic N) is 2. The van der Waals surface area contributed by atoms with E-state index in [-0.39, 0.29) is 6.04 Å². The van der Waals surface area contributed by atoms with Crippen LogP contribution in [-0.4, -0.2) is 19.1 Å². The van der Waals surface area contributed by atoms with Gasteiger partial charge in [-0.3, -0.25) is 0 Å². The SMILES string of the molecule is N#Cc1ccsc1N1CC[C@H](N)C1. The lowest BCUT2D eigenvalue weighted by Gasteiger charge is -2.15. The molecule has 13 heavy (non-hydrogen) atoms. The summed E-state index contributed by atoms with van der Waals surface area (Å²) in [5, 5.41) is 11.9. The van der Waals surface area contributed by atoms with Gasteiger partial charge >= 0.3 is 0 Å². The monoisotopic (exact) mass is 193 g/mol. The van der Waals surface area contributed by atoms with Crippen molar-refractivity contribution >= 4 is 16.3 Å². The smallest absolute Gasteiger partial charge is 0.109 e. The van der Waals surface area contributed by atoms with E-state index in [1.807, 2.05) is 11.4 Å². The first kappa shape index (κ1) is 8.54. The van der Waals surface area contributed by atoms with Gasteiger partial charge in [0, 0.05) is 19.1 Å². The Labute approximate surface area is 81.4 Å². The summed E-state index contributed by atoms with van der Waals surface area (Å²) in [5.74, 6) is 0. The standard InChI is InChI=1S/C9H11N3S/c10-5-7-2-4-13-9(7)12-3-1-8(11)6-12/h2,4,8H,1,3,6,11H2/t8-/m0/s1. The second kappa shape index (κ2) is 3.36. The zero-order valence-corrected chi connectivity index (χ0v) is 8.05. The molecule has 1 aliphatic rings. The van der Waals surface area contributed by atoms with Gasteiger partial charge in [-0.2, -0.15) is 5.26 Å². The third-order valence-electron chi connectivity index (χ3n) is 2.28. The van der Waals surface area contributed by atoms with E-state index in [0.717, 1.165) is 30.1 Å². The molecular weight excluding hydrogens is 182 g/mol. The second-order valence-electron chi connectivity index (χ2n) is 3.25. The van der Waals surface area contributed by atoms with Gasteiger partial charge in [-0.15, -0.1) is 11.3 Å². The molecule has 2 rings (SSSR count). The summed E-state index contributed by atoms with van der Waals surface area (Å²) in [6.45, 7) is 1.87. The highest BCUT2D eigenvalue weighted by atomic mass is 32.1. The maximum atomic E-state index is 8.83. The summed E-state index contributed by atoms with van der Waals surface area (Å²) in [6.07, 6.45) is 1.03. The third-order valence-corrected chi connectivity index (χ3v) is 3.25. The van der Waals surface area contributed by atoms with Crippen LogP contribution in [0.3, 0.4) is 0 Å². The number of anilines is 1. The molecule has 4 heteroatoms. The molecule has 0 radical (unpaired) electrons. The molecule has 1 aromatic heterocycles. The first-order valence-corrected chi connectivity index (χ1v) is 5.17. The topological polar surface area (TPSA) is 53.0 Å². The van der Waals surface area contributed by atoms with Gasteiger partial charge in [0.2, 0.25) is 0 Å². The number of nitriles is 1. The van der Waals surface area contributed by atoms with Crippen LogP contribution in [0.15, 0.2) is 11.4 Å². The third kappa shape index (κ3) is 1.53. The molecule has 3 nitrogen and oxygen atoms in total. The minimum absolute atomic E-state index is 0.272. The van der Waals surface area contributed by atoms with Crippen LogP contribution in [0.2, 0.25) is 0 Å². The molecule has 1 aromatic rings. The van der Waals surface area contributed by atoms with Gasteiger partial charge in [-0.1, -0.05) is 0 Å². The van der Waals surface area contributed by atoms with E-state index in [2.05, 4.69) is 11.0 Å². The normalized spacial score (nSPS) is 21.8. The fraction of sp³-hybridized carbons (Fsp3) is 0.444. The van der Waals surface area contributed by atoms with Crippen molar-refractivity contribution in [2.75, 3.05) is 18.0 Å². The Morgan fingerprint density at radius 2 is 2.54 bits per heavy atom. The summed E-state index contributed by atoms with van der Waals surface area (Å²) in [5.41, 5.74) is 6.58. The van der Waals surface area contributed by atoms with Crippen LogP contribution >= 0.6 is 11.3 Å². The molecule has 0 bridgehead atoms. The summed E-state index contributed by atoms with van der Waals surface area (Å²) < 4.78 is 0. The Morgan fingerprint density at radius 3 is 3.15 bits per heavy atom. The zero-order chi connectivity index (χ0) is 9.26. The van der Waals surface area contributed by atoms with Gasteiger partial charge in [-0.05, 0) is 17.9 Å². The number of hydrogen-bond acceptors (Lipinski definition) is 4. The molecule has 2 N–H and O–H groups in total. The van der Waals surface area contributed by atoms with Crippen LogP contribution < -0.4 is 10.6 Å². The predicted molar refractivity (Wildman–Crippen MR) is 53.8 cm³/mol. The van der Waals surface area contributed by atoms with E-state index in [4.69, 9.17) is 11.0 Å². The number of rotatable bonds is 1. The Hall–Kier alpha value is -1.05. The lowest BCUT2D eigenvalue weighted by Crippen LogP contribution is -2.26. The van der Waals surface area contributed by atoms with Crippen LogP contribution in [0.5, 0.6) is 0 Å². The quantitative estimate of drug-likeness (QED) is 0.728. The van der Waals surface area contributed by atoms with Gasteiger partial charge in [0.15, 0.2) is 0 Å². The fourth-order valence-corrected chi connectivity index (χ4v) is 2.49. The minimum Gasteiger partial charge on any atom is -0.361 e. The van der Waals surface area contributed by atoms with Gasteiger partial charge in [-0.25, -0.2) is 0 Å². The first-order valence-electron chi connectivity index (χ1n) is 4.29. The molecule has 2 heterocycles. The van der Waals surface area contributed by atoms with Crippen LogP contribution in [-0.2, 0) is 0 Å². The van der Waals surface area contributed by atoms with E-state index < -0.39 is 0 Å². The van der Waals surface area contributed by atoms with Crippen molar-refractivity contribution in [1.82, 2.24) is 0 Å². The number of nitrogens with two attached hydrogens (primary N) is 1. The largest absolute Gasteiger partial charge is 0.361 e. The van der Waals surface area contributed by atoms with E-state index in [9.17, 15) is 0 Å². The Morgan fingerprint density at radius 1 is 1.69 bits per heavy atom. The van der Waals surface area contributed by atoms with Crippen molar-refractivity contribution in [1.29, 1.82) is 5.26 Å². The molecule has 1 aliphatic heterocycles. The molecule has 0 unspecified atom stereocenters. The molecule has 0 saturated carbocycles. The van der Waals surface area contributed by atoms with E-state index in [1.165, 1.54) is 0 Å². The first-order chi connectivity index (χ1) is 6.31. The molecule has 1 saturated heterocycles. The van der Waals surface area contributed by atoms with Crippen molar-refractivity contribution in [2.24, 2.45) is 5.73 Å². The fourth-order valence-electron chi connectivity index (χ4n) is 1.60. The Kier molecular flexibility index (Phi) is 2.21. The highest BCUT2D eigenvalue weighted by Crippen LogP contribution is 2.29. The van der Waals surface area contributed by atoms with E-state index in [1.54, 1.807) is 11.3 Å². The predicted octanol–water partition coefficient (Wildman–Crippen LogP) is 1.16. The van der Waals surface area contributed by atoms with Gasteiger partial charge in [0.05, 0.1) is 5.56 Å². The molecule has 0 aliphatic carbocycles. The number of thiophene rings is 1. The Balaban J connectivity index is 2.22. The molecule has 0 aromatic carbocycles. The average Bonchev–Trinajstić information content (AvgIpc) is 2.71. The van der Waals surface area contributed by atoms with Gasteiger partial charge < -0.3 is 10.6 Å². The van der Waals surface area contributed by atoms with Gasteiger partial charge in [0.25, 0.3) is 0 Å². The zero-order valence-electron chi connectivity index (χ0n) is 7.23. The highest BCUT2D eigenvalue weighted by molar-refractivity contribution is 7.14. The molecule has 1 fully saturated rings. The number of hydrogen-bond donors (Lipinski definition) is 1. The molecular formula is C9H11N3S. The maximum absolute atomic E-state index is 8.83. The Bertz CT molecular complexity index is 339. The van der Waals surface area contributed by atoms with Crippen molar-refractivity contribution < 1.29 is 0 Å². The second-order valence-corrected chi connectivity index (χ2v) is 4.14. The van der Waals surface area contributed by atoms with Crippen molar-refractivity contribution in [2.45, 2.75) is 12.5 Å². The van der Waals surface area contributed by atoms with Gasteiger partial charge in [0.1, 0.15) is 11.1 Å². The molecule has 0 amide bonds. The average molecular weight is 193 g/mol. The highest BCUT2D eigenvalue weighted by Gasteiger charge is 2.21. The van der Waals surface area contributed by atoms with Crippen LogP contribution in [0, 0.1) is 11.3 Å². The van der Waals surface area contributed by atoms with Crippen LogP contribution in [0.25, 0.3) is 0 Å². The minimum atomic E-state index is 0.272. The van der Waals surface area contributed by atoms with Crippen molar-refractivity contribution in [3.8, 4) is 6.07 Å². The summed E-state index contributed by atoms with van der Waals surface area (Å²) in [4.78, 5) is 2.20.